The van der Waals surface area contributed by atoms with Gasteiger partial charge in [-0.25, -0.2) is 8.78 Å². The maximum absolute atomic E-state index is 13.4. The number of hydrogen-bond donors (Lipinski definition) is 1. The molecule has 0 heterocycles. The van der Waals surface area contributed by atoms with Crippen LogP contribution in [0.15, 0.2) is 48.5 Å². The zero-order chi connectivity index (χ0) is 15.1. The number of hydrogen-bond acceptors (Lipinski definition) is 2. The van der Waals surface area contributed by atoms with Gasteiger partial charge in [0.25, 0.3) is 0 Å². The summed E-state index contributed by atoms with van der Waals surface area (Å²) in [5, 5.41) is 3.14. The van der Waals surface area contributed by atoms with Crippen LogP contribution in [0.4, 0.5) is 14.5 Å². The first-order valence-corrected chi connectivity index (χ1v) is 7.08. The van der Waals surface area contributed by atoms with Crippen molar-refractivity contribution in [2.24, 2.45) is 0 Å². The zero-order valence-corrected chi connectivity index (χ0v) is 12.2. The van der Waals surface area contributed by atoms with Gasteiger partial charge in [-0.05, 0) is 31.2 Å². The van der Waals surface area contributed by atoms with Crippen LogP contribution in [0.5, 0.6) is 0 Å². The summed E-state index contributed by atoms with van der Waals surface area (Å²) < 4.78 is 26.5. The Morgan fingerprint density at radius 2 is 1.76 bits per heavy atom. The Hall–Kier alpha value is -1.94. The lowest BCUT2D eigenvalue weighted by atomic mass is 10.2. The van der Waals surface area contributed by atoms with Crippen LogP contribution in [-0.4, -0.2) is 20.1 Å². The van der Waals surface area contributed by atoms with Gasteiger partial charge < -0.3 is 10.2 Å². The van der Waals surface area contributed by atoms with Crippen LogP contribution in [0.3, 0.4) is 0 Å². The van der Waals surface area contributed by atoms with Crippen molar-refractivity contribution in [1.29, 1.82) is 0 Å². The highest BCUT2D eigenvalue weighted by Crippen LogP contribution is 2.12. The molecular formula is C17H20F2N2. The van der Waals surface area contributed by atoms with Crippen LogP contribution >= 0.6 is 0 Å². The van der Waals surface area contributed by atoms with E-state index in [1.807, 2.05) is 25.2 Å². The van der Waals surface area contributed by atoms with Crippen LogP contribution < -0.4 is 10.2 Å². The number of anilines is 1. The van der Waals surface area contributed by atoms with E-state index >= 15 is 0 Å². The molecule has 0 saturated carbocycles. The summed E-state index contributed by atoms with van der Waals surface area (Å²) in [6.45, 7) is 2.01. The lowest BCUT2D eigenvalue weighted by Crippen LogP contribution is -2.23. The van der Waals surface area contributed by atoms with Crippen molar-refractivity contribution in [3.8, 4) is 0 Å². The summed E-state index contributed by atoms with van der Waals surface area (Å²) in [6.07, 6.45) is 0.933. The third-order valence-electron chi connectivity index (χ3n) is 3.39. The smallest absolute Gasteiger partial charge is 0.163 e. The second kappa shape index (κ2) is 7.74. The molecule has 4 heteroatoms. The summed E-state index contributed by atoms with van der Waals surface area (Å²) in [5.74, 6) is -1.55. The number of para-hydroxylation sites is 1. The quantitative estimate of drug-likeness (QED) is 0.784. The van der Waals surface area contributed by atoms with Crippen LogP contribution in [0.25, 0.3) is 0 Å². The van der Waals surface area contributed by atoms with Crippen LogP contribution in [-0.2, 0) is 6.54 Å². The Kier molecular flexibility index (Phi) is 5.69. The summed E-state index contributed by atoms with van der Waals surface area (Å²) >= 11 is 0. The Morgan fingerprint density at radius 3 is 2.52 bits per heavy atom. The monoisotopic (exact) mass is 290 g/mol. The van der Waals surface area contributed by atoms with Crippen molar-refractivity contribution in [3.63, 3.8) is 0 Å². The van der Waals surface area contributed by atoms with Gasteiger partial charge in [0, 0.05) is 31.4 Å². The fourth-order valence-electron chi connectivity index (χ4n) is 2.16. The molecule has 0 aliphatic carbocycles. The summed E-state index contributed by atoms with van der Waals surface area (Å²) in [7, 11) is 2.04. The second-order valence-electron chi connectivity index (χ2n) is 5.00. The Morgan fingerprint density at radius 1 is 1.00 bits per heavy atom. The summed E-state index contributed by atoms with van der Waals surface area (Å²) in [5.41, 5.74) is 1.54. The van der Waals surface area contributed by atoms with E-state index in [2.05, 4.69) is 22.3 Å². The average Bonchev–Trinajstić information content (AvgIpc) is 2.51. The van der Waals surface area contributed by atoms with Gasteiger partial charge >= 0.3 is 0 Å². The first kappa shape index (κ1) is 15.4. The molecule has 21 heavy (non-hydrogen) atoms. The lowest BCUT2D eigenvalue weighted by Gasteiger charge is -2.19. The van der Waals surface area contributed by atoms with Crippen molar-refractivity contribution in [1.82, 2.24) is 5.32 Å². The third-order valence-corrected chi connectivity index (χ3v) is 3.39. The van der Waals surface area contributed by atoms with E-state index in [1.165, 1.54) is 11.8 Å². The van der Waals surface area contributed by atoms with Crippen molar-refractivity contribution < 1.29 is 8.78 Å². The standard InChI is InChI=1S/C17H20F2N2/c1-21(15-8-3-2-4-9-15)12-6-11-20-13-14-7-5-10-16(18)17(14)19/h2-5,7-10,20H,6,11-13H2,1H3. The van der Waals surface area contributed by atoms with Crippen molar-refractivity contribution in [2.45, 2.75) is 13.0 Å². The minimum Gasteiger partial charge on any atom is -0.375 e. The fraction of sp³-hybridized carbons (Fsp3) is 0.294. The Labute approximate surface area is 124 Å². The molecule has 0 aliphatic heterocycles. The van der Waals surface area contributed by atoms with Crippen LogP contribution in [0.2, 0.25) is 0 Å². The van der Waals surface area contributed by atoms with Crippen LogP contribution in [0, 0.1) is 11.6 Å². The summed E-state index contributed by atoms with van der Waals surface area (Å²) in [4.78, 5) is 2.17. The minimum atomic E-state index is -0.793. The molecule has 0 aromatic heterocycles. The lowest BCUT2D eigenvalue weighted by molar-refractivity contribution is 0.492. The first-order chi connectivity index (χ1) is 10.2. The minimum absolute atomic E-state index is 0.346. The zero-order valence-electron chi connectivity index (χ0n) is 12.2. The molecule has 2 aromatic carbocycles. The predicted octanol–water partition coefficient (Wildman–Crippen LogP) is 3.58. The predicted molar refractivity (Wildman–Crippen MR) is 82.4 cm³/mol. The molecule has 2 nitrogen and oxygen atoms in total. The highest BCUT2D eigenvalue weighted by Gasteiger charge is 2.06. The fourth-order valence-corrected chi connectivity index (χ4v) is 2.16. The van der Waals surface area contributed by atoms with E-state index in [4.69, 9.17) is 0 Å². The van der Waals surface area contributed by atoms with Crippen molar-refractivity contribution in [3.05, 3.63) is 65.7 Å². The molecule has 0 saturated heterocycles. The van der Waals surface area contributed by atoms with E-state index < -0.39 is 11.6 Å². The van der Waals surface area contributed by atoms with E-state index in [0.29, 0.717) is 12.1 Å². The van der Waals surface area contributed by atoms with Gasteiger partial charge in [-0.15, -0.1) is 0 Å². The van der Waals surface area contributed by atoms with Gasteiger partial charge in [0.15, 0.2) is 11.6 Å². The molecule has 0 radical (unpaired) electrons. The molecule has 112 valence electrons. The van der Waals surface area contributed by atoms with Gasteiger partial charge in [-0.3, -0.25) is 0 Å². The van der Waals surface area contributed by atoms with Crippen molar-refractivity contribution in [2.75, 3.05) is 25.0 Å². The molecule has 0 aliphatic rings. The molecule has 2 aromatic rings. The topological polar surface area (TPSA) is 15.3 Å². The van der Waals surface area contributed by atoms with Gasteiger partial charge in [0.05, 0.1) is 0 Å². The van der Waals surface area contributed by atoms with Crippen LogP contribution in [0.1, 0.15) is 12.0 Å². The number of halogens is 2. The molecule has 0 unspecified atom stereocenters. The second-order valence-corrected chi connectivity index (χ2v) is 5.00. The van der Waals surface area contributed by atoms with E-state index in [0.717, 1.165) is 25.6 Å². The molecule has 0 amide bonds. The first-order valence-electron chi connectivity index (χ1n) is 7.08. The summed E-state index contributed by atoms with van der Waals surface area (Å²) in [6, 6.07) is 14.4. The maximum atomic E-state index is 13.4. The van der Waals surface area contributed by atoms with E-state index in [-0.39, 0.29) is 0 Å². The average molecular weight is 290 g/mol. The Bertz CT molecular complexity index is 558. The normalized spacial score (nSPS) is 10.6. The van der Waals surface area contributed by atoms with E-state index in [9.17, 15) is 8.78 Å². The maximum Gasteiger partial charge on any atom is 0.163 e. The van der Waals surface area contributed by atoms with Gasteiger partial charge in [-0.2, -0.15) is 0 Å². The highest BCUT2D eigenvalue weighted by molar-refractivity contribution is 5.44. The largest absolute Gasteiger partial charge is 0.375 e. The Balaban J connectivity index is 1.70. The van der Waals surface area contributed by atoms with Gasteiger partial charge in [-0.1, -0.05) is 30.3 Å². The molecule has 0 bridgehead atoms. The molecule has 0 spiro atoms. The molecule has 0 atom stereocenters. The molecule has 1 N–H and O–H groups in total. The molecule has 2 rings (SSSR count). The van der Waals surface area contributed by atoms with Gasteiger partial charge in [0.1, 0.15) is 0 Å². The van der Waals surface area contributed by atoms with Crippen molar-refractivity contribution >= 4 is 5.69 Å². The third kappa shape index (κ3) is 4.53. The van der Waals surface area contributed by atoms with Gasteiger partial charge in [0.2, 0.25) is 0 Å². The highest BCUT2D eigenvalue weighted by atomic mass is 19.2. The number of nitrogens with zero attached hydrogens (tertiary/aromatic N) is 1. The van der Waals surface area contributed by atoms with E-state index in [1.54, 1.807) is 6.07 Å². The molecule has 0 fully saturated rings. The number of benzene rings is 2. The number of nitrogens with one attached hydrogen (secondary N) is 1. The molecular weight excluding hydrogens is 270 g/mol. The SMILES string of the molecule is CN(CCCNCc1cccc(F)c1F)c1ccccc1. The number of rotatable bonds is 7.